The maximum absolute atomic E-state index is 10.6. The van der Waals surface area contributed by atoms with Crippen molar-refractivity contribution in [1.29, 1.82) is 0 Å². The van der Waals surface area contributed by atoms with Gasteiger partial charge in [0.05, 0.1) is 4.92 Å². The Balaban J connectivity index is 2.01. The van der Waals surface area contributed by atoms with Crippen molar-refractivity contribution >= 4 is 17.8 Å². The average molecular weight is 281 g/mol. The maximum atomic E-state index is 10.6. The third kappa shape index (κ3) is 4.56. The third-order valence-corrected chi connectivity index (χ3v) is 3.37. The Labute approximate surface area is 125 Å². The fraction of sp³-hybridized carbons (Fsp3) is 0.222. The summed E-state index contributed by atoms with van der Waals surface area (Å²) in [6.45, 7) is 2.20. The summed E-state index contributed by atoms with van der Waals surface area (Å²) in [5.74, 6) is 0. The minimum atomic E-state index is -0.386. The highest BCUT2D eigenvalue weighted by atomic mass is 16.6. The zero-order chi connectivity index (χ0) is 15.1. The molecule has 2 rings (SSSR count). The molecular formula is C18H19NO2. The van der Waals surface area contributed by atoms with E-state index >= 15 is 0 Å². The van der Waals surface area contributed by atoms with Crippen LogP contribution in [0.3, 0.4) is 0 Å². The van der Waals surface area contributed by atoms with Gasteiger partial charge in [-0.3, -0.25) is 10.1 Å². The molecule has 0 atom stereocenters. The van der Waals surface area contributed by atoms with E-state index in [9.17, 15) is 10.1 Å². The van der Waals surface area contributed by atoms with Gasteiger partial charge >= 0.3 is 0 Å². The second-order valence-electron chi connectivity index (χ2n) is 5.03. The van der Waals surface area contributed by atoms with E-state index in [0.717, 1.165) is 17.5 Å². The summed E-state index contributed by atoms with van der Waals surface area (Å²) in [5.41, 5.74) is 3.57. The molecule has 0 heterocycles. The second kappa shape index (κ2) is 7.39. The predicted octanol–water partition coefficient (Wildman–Crippen LogP) is 5.11. The van der Waals surface area contributed by atoms with Gasteiger partial charge in [0.1, 0.15) is 0 Å². The second-order valence-corrected chi connectivity index (χ2v) is 5.03. The first-order valence-electron chi connectivity index (χ1n) is 7.20. The largest absolute Gasteiger partial charge is 0.269 e. The molecule has 0 aromatic heterocycles. The van der Waals surface area contributed by atoms with E-state index < -0.39 is 0 Å². The summed E-state index contributed by atoms with van der Waals surface area (Å²) >= 11 is 0. The molecule has 0 aliphatic rings. The summed E-state index contributed by atoms with van der Waals surface area (Å²) < 4.78 is 0. The zero-order valence-corrected chi connectivity index (χ0v) is 12.2. The molecular weight excluding hydrogens is 262 g/mol. The van der Waals surface area contributed by atoms with E-state index in [1.54, 1.807) is 12.1 Å². The molecule has 3 heteroatoms. The molecule has 0 fully saturated rings. The summed E-state index contributed by atoms with van der Waals surface area (Å²) in [6, 6.07) is 15.1. The molecule has 0 N–H and O–H groups in total. The van der Waals surface area contributed by atoms with Gasteiger partial charge < -0.3 is 0 Å². The first-order chi connectivity index (χ1) is 10.2. The Morgan fingerprint density at radius 3 is 1.95 bits per heavy atom. The van der Waals surface area contributed by atoms with Crippen LogP contribution in [0.2, 0.25) is 0 Å². The fourth-order valence-corrected chi connectivity index (χ4v) is 2.08. The normalized spacial score (nSPS) is 10.9. The Hall–Kier alpha value is -2.42. The van der Waals surface area contributed by atoms with Crippen molar-refractivity contribution < 1.29 is 4.92 Å². The van der Waals surface area contributed by atoms with Crippen LogP contribution in [0.1, 0.15) is 36.5 Å². The lowest BCUT2D eigenvalue weighted by molar-refractivity contribution is -0.384. The van der Waals surface area contributed by atoms with Crippen LogP contribution in [0, 0.1) is 10.1 Å². The van der Waals surface area contributed by atoms with Crippen LogP contribution in [0.25, 0.3) is 12.2 Å². The number of hydrogen-bond donors (Lipinski definition) is 0. The zero-order valence-electron chi connectivity index (χ0n) is 12.2. The van der Waals surface area contributed by atoms with Gasteiger partial charge in [0.2, 0.25) is 0 Å². The minimum Gasteiger partial charge on any atom is -0.258 e. The molecule has 0 bridgehead atoms. The Morgan fingerprint density at radius 1 is 0.952 bits per heavy atom. The van der Waals surface area contributed by atoms with Gasteiger partial charge in [-0.15, -0.1) is 0 Å². The fourth-order valence-electron chi connectivity index (χ4n) is 2.08. The van der Waals surface area contributed by atoms with E-state index in [2.05, 4.69) is 31.2 Å². The van der Waals surface area contributed by atoms with Gasteiger partial charge in [-0.25, -0.2) is 0 Å². The van der Waals surface area contributed by atoms with Crippen molar-refractivity contribution in [3.8, 4) is 0 Å². The number of unbranched alkanes of at least 4 members (excludes halogenated alkanes) is 1. The van der Waals surface area contributed by atoms with Gasteiger partial charge in [-0.05, 0) is 41.7 Å². The van der Waals surface area contributed by atoms with Gasteiger partial charge in [0.15, 0.2) is 0 Å². The van der Waals surface area contributed by atoms with Crippen LogP contribution in [-0.4, -0.2) is 4.92 Å². The highest BCUT2D eigenvalue weighted by Gasteiger charge is 2.02. The lowest BCUT2D eigenvalue weighted by Gasteiger charge is -2.00. The maximum Gasteiger partial charge on any atom is 0.269 e. The monoisotopic (exact) mass is 281 g/mol. The molecule has 2 aromatic carbocycles. The van der Waals surface area contributed by atoms with Crippen molar-refractivity contribution in [2.45, 2.75) is 26.2 Å². The number of non-ortho nitro benzene ring substituents is 1. The number of nitro benzene ring substituents is 1. The smallest absolute Gasteiger partial charge is 0.258 e. The number of hydrogen-bond acceptors (Lipinski definition) is 2. The highest BCUT2D eigenvalue weighted by Crippen LogP contribution is 2.15. The average Bonchev–Trinajstić information content (AvgIpc) is 2.52. The van der Waals surface area contributed by atoms with Crippen LogP contribution in [0.15, 0.2) is 48.5 Å². The topological polar surface area (TPSA) is 43.1 Å². The van der Waals surface area contributed by atoms with Gasteiger partial charge in [-0.1, -0.05) is 49.8 Å². The molecule has 0 spiro atoms. The van der Waals surface area contributed by atoms with Crippen molar-refractivity contribution in [2.75, 3.05) is 0 Å². The lowest BCUT2D eigenvalue weighted by atomic mass is 10.1. The van der Waals surface area contributed by atoms with E-state index in [4.69, 9.17) is 0 Å². The number of nitro groups is 1. The quantitative estimate of drug-likeness (QED) is 0.419. The minimum absolute atomic E-state index is 0.118. The highest BCUT2D eigenvalue weighted by molar-refractivity contribution is 5.70. The first-order valence-corrected chi connectivity index (χ1v) is 7.20. The molecule has 0 unspecified atom stereocenters. The van der Waals surface area contributed by atoms with Crippen LogP contribution < -0.4 is 0 Å². The van der Waals surface area contributed by atoms with Crippen molar-refractivity contribution in [3.05, 3.63) is 75.3 Å². The summed E-state index contributed by atoms with van der Waals surface area (Å²) in [6.07, 6.45) is 7.54. The third-order valence-electron chi connectivity index (χ3n) is 3.37. The predicted molar refractivity (Wildman–Crippen MR) is 87.1 cm³/mol. The standard InChI is InChI=1S/C18H19NO2/c1-2-3-4-15-5-7-16(8-6-15)9-10-17-11-13-18(14-12-17)19(20)21/h5-14H,2-4H2,1H3/b10-9+. The molecule has 108 valence electrons. The first kappa shape index (κ1) is 15.0. The summed E-state index contributed by atoms with van der Waals surface area (Å²) in [7, 11) is 0. The van der Waals surface area contributed by atoms with Crippen LogP contribution in [0.5, 0.6) is 0 Å². The van der Waals surface area contributed by atoms with Crippen molar-refractivity contribution in [3.63, 3.8) is 0 Å². The van der Waals surface area contributed by atoms with Crippen LogP contribution >= 0.6 is 0 Å². The molecule has 2 aromatic rings. The summed E-state index contributed by atoms with van der Waals surface area (Å²) in [5, 5.41) is 10.6. The Bertz CT molecular complexity index is 613. The molecule has 0 saturated heterocycles. The van der Waals surface area contributed by atoms with E-state index in [1.165, 1.54) is 30.5 Å². The molecule has 0 aliphatic carbocycles. The molecule has 0 amide bonds. The van der Waals surface area contributed by atoms with Crippen molar-refractivity contribution in [1.82, 2.24) is 0 Å². The van der Waals surface area contributed by atoms with Gasteiger partial charge in [0.25, 0.3) is 5.69 Å². The lowest BCUT2D eigenvalue weighted by Crippen LogP contribution is -1.86. The van der Waals surface area contributed by atoms with E-state index in [0.29, 0.717) is 0 Å². The number of nitrogens with zero attached hydrogens (tertiary/aromatic N) is 1. The van der Waals surface area contributed by atoms with Gasteiger partial charge in [-0.2, -0.15) is 0 Å². The van der Waals surface area contributed by atoms with Gasteiger partial charge in [0, 0.05) is 12.1 Å². The van der Waals surface area contributed by atoms with Crippen molar-refractivity contribution in [2.24, 2.45) is 0 Å². The number of benzene rings is 2. The molecule has 0 saturated carbocycles. The van der Waals surface area contributed by atoms with Crippen LogP contribution in [-0.2, 0) is 6.42 Å². The molecule has 0 radical (unpaired) electrons. The van der Waals surface area contributed by atoms with Crippen LogP contribution in [0.4, 0.5) is 5.69 Å². The molecule has 21 heavy (non-hydrogen) atoms. The van der Waals surface area contributed by atoms with E-state index in [-0.39, 0.29) is 10.6 Å². The SMILES string of the molecule is CCCCc1ccc(/C=C/c2ccc([N+](=O)[O-])cc2)cc1. The Morgan fingerprint density at radius 2 is 1.48 bits per heavy atom. The number of aryl methyl sites for hydroxylation is 1. The summed E-state index contributed by atoms with van der Waals surface area (Å²) in [4.78, 5) is 10.2. The van der Waals surface area contributed by atoms with E-state index in [1.807, 2.05) is 12.2 Å². The molecule has 3 nitrogen and oxygen atoms in total. The number of rotatable bonds is 6. The molecule has 0 aliphatic heterocycles. The Kier molecular flexibility index (Phi) is 5.27.